The van der Waals surface area contributed by atoms with Gasteiger partial charge in [-0.1, -0.05) is 96.1 Å². The highest BCUT2D eigenvalue weighted by Crippen LogP contribution is 2.43. The Morgan fingerprint density at radius 2 is 0.976 bits per heavy atom. The number of phenolic OH excluding ortho intramolecular Hbond substituents is 2. The Labute approximate surface area is 253 Å². The topological polar surface area (TPSA) is 93.1 Å². The molecule has 0 aromatic heterocycles. The van der Waals surface area contributed by atoms with Crippen molar-refractivity contribution in [2.24, 2.45) is 5.92 Å². The van der Waals surface area contributed by atoms with Crippen LogP contribution in [0.5, 0.6) is 23.0 Å². The van der Waals surface area contributed by atoms with Crippen molar-refractivity contribution < 1.29 is 29.3 Å². The zero-order valence-electron chi connectivity index (χ0n) is 28.2. The van der Waals surface area contributed by atoms with Gasteiger partial charge in [0.2, 0.25) is 0 Å². The van der Waals surface area contributed by atoms with E-state index in [2.05, 4.69) is 0 Å². The van der Waals surface area contributed by atoms with Gasteiger partial charge in [-0.2, -0.15) is 0 Å². The number of carbonyl (C=O) groups is 2. The van der Waals surface area contributed by atoms with Gasteiger partial charge in [0.25, 0.3) is 0 Å². The fourth-order valence-corrected chi connectivity index (χ4v) is 4.72. The quantitative estimate of drug-likeness (QED) is 0.202. The highest BCUT2D eigenvalue weighted by atomic mass is 16.5. The second-order valence-electron chi connectivity index (χ2n) is 15.4. The molecule has 1 unspecified atom stereocenters. The van der Waals surface area contributed by atoms with Gasteiger partial charge in [-0.05, 0) is 59.3 Å². The number of rotatable bonds is 6. The van der Waals surface area contributed by atoms with E-state index in [0.29, 0.717) is 40.2 Å². The number of carbonyl (C=O) groups excluding carboxylic acids is 2. The molecule has 0 fully saturated rings. The molecule has 2 aromatic carbocycles. The van der Waals surface area contributed by atoms with Gasteiger partial charge in [0.05, 0.1) is 5.92 Å². The molecule has 42 heavy (non-hydrogen) atoms. The molecule has 0 aliphatic carbocycles. The van der Waals surface area contributed by atoms with Crippen molar-refractivity contribution in [2.45, 2.75) is 125 Å². The lowest BCUT2D eigenvalue weighted by Crippen LogP contribution is -2.22. The van der Waals surface area contributed by atoms with E-state index in [1.165, 1.54) is 0 Å². The molecule has 6 heteroatoms. The first kappa shape index (κ1) is 34.9. The Hall–Kier alpha value is -3.28. The van der Waals surface area contributed by atoms with E-state index in [1.807, 2.05) is 90.0 Å². The van der Waals surface area contributed by atoms with Crippen LogP contribution in [0.25, 0.3) is 0 Å². The van der Waals surface area contributed by atoms with Crippen LogP contribution in [0.3, 0.4) is 0 Å². The van der Waals surface area contributed by atoms with Crippen molar-refractivity contribution in [3.05, 3.63) is 58.2 Å². The van der Waals surface area contributed by atoms with Crippen LogP contribution in [-0.4, -0.2) is 22.2 Å². The summed E-state index contributed by atoms with van der Waals surface area (Å²) in [6, 6.07) is 6.83. The SMILES string of the molecule is CCC(C=C(C)C(=O)Oc1cc(C(C)(C)C)c(O)c(C(C)(C)C)c1)C(=O)Oc1cc(C(C)(C)C)c(O)c(C(C)(C)C)c1. The van der Waals surface area contributed by atoms with Gasteiger partial charge in [0.1, 0.15) is 23.0 Å². The molecule has 0 saturated heterocycles. The van der Waals surface area contributed by atoms with Gasteiger partial charge in [0.15, 0.2) is 0 Å². The maximum atomic E-state index is 13.3. The Morgan fingerprint density at radius 3 is 1.26 bits per heavy atom. The molecule has 0 spiro atoms. The summed E-state index contributed by atoms with van der Waals surface area (Å²) in [4.78, 5) is 26.5. The van der Waals surface area contributed by atoms with Gasteiger partial charge < -0.3 is 19.7 Å². The molecule has 0 heterocycles. The maximum Gasteiger partial charge on any atom is 0.338 e. The standard InChI is InChI=1S/C36H52O6/c1-15-22(32(40)42-24-19-27(35(9,10)11)30(38)28(20-24)36(12,13)14)16-21(2)31(39)41-23-17-25(33(3,4)5)29(37)26(18-23)34(6,7)8/h16-20,22,37-38H,15H2,1-14H3. The summed E-state index contributed by atoms with van der Waals surface area (Å²) in [6.45, 7) is 27.4. The van der Waals surface area contributed by atoms with Crippen LogP contribution in [-0.2, 0) is 31.2 Å². The first-order valence-corrected chi connectivity index (χ1v) is 14.8. The molecule has 0 saturated carbocycles. The minimum absolute atomic E-state index is 0.203. The second-order valence-corrected chi connectivity index (χ2v) is 15.4. The monoisotopic (exact) mass is 580 g/mol. The molecule has 2 rings (SSSR count). The molecule has 0 radical (unpaired) electrons. The Morgan fingerprint density at radius 1 is 0.667 bits per heavy atom. The summed E-state index contributed by atoms with van der Waals surface area (Å²) in [7, 11) is 0. The minimum Gasteiger partial charge on any atom is -0.507 e. The summed E-state index contributed by atoms with van der Waals surface area (Å²) >= 11 is 0. The predicted molar refractivity (Wildman–Crippen MR) is 170 cm³/mol. The van der Waals surface area contributed by atoms with Crippen LogP contribution in [0.4, 0.5) is 0 Å². The van der Waals surface area contributed by atoms with Crippen molar-refractivity contribution in [1.29, 1.82) is 0 Å². The zero-order chi connectivity index (χ0) is 32.6. The first-order chi connectivity index (χ1) is 18.9. The van der Waals surface area contributed by atoms with Gasteiger partial charge in [-0.3, -0.25) is 4.79 Å². The van der Waals surface area contributed by atoms with E-state index in [0.717, 1.165) is 0 Å². The van der Waals surface area contributed by atoms with E-state index >= 15 is 0 Å². The molecule has 0 amide bonds. The number of benzene rings is 2. The third kappa shape index (κ3) is 8.39. The molecule has 2 N–H and O–H groups in total. The average Bonchev–Trinajstić information content (AvgIpc) is 2.81. The normalized spacial score (nSPS) is 14.0. The first-order valence-electron chi connectivity index (χ1n) is 14.8. The molecule has 6 nitrogen and oxygen atoms in total. The number of aromatic hydroxyl groups is 2. The zero-order valence-corrected chi connectivity index (χ0v) is 28.2. The summed E-state index contributed by atoms with van der Waals surface area (Å²) in [6.07, 6.45) is 2.00. The van der Waals surface area contributed by atoms with Crippen molar-refractivity contribution in [3.63, 3.8) is 0 Å². The van der Waals surface area contributed by atoms with E-state index in [-0.39, 0.29) is 38.7 Å². The van der Waals surface area contributed by atoms with Crippen molar-refractivity contribution >= 4 is 11.9 Å². The average molecular weight is 581 g/mol. The van der Waals surface area contributed by atoms with Gasteiger partial charge in [-0.25, -0.2) is 4.79 Å². The molecule has 0 bridgehead atoms. The molecule has 0 aliphatic rings. The number of hydrogen-bond acceptors (Lipinski definition) is 6. The van der Waals surface area contributed by atoms with Gasteiger partial charge >= 0.3 is 11.9 Å². The second kappa shape index (κ2) is 12.1. The summed E-state index contributed by atoms with van der Waals surface area (Å²) < 4.78 is 11.6. The van der Waals surface area contributed by atoms with Gasteiger partial charge in [0, 0.05) is 27.8 Å². The Kier molecular flexibility index (Phi) is 10.1. The van der Waals surface area contributed by atoms with Crippen molar-refractivity contribution in [2.75, 3.05) is 0 Å². The van der Waals surface area contributed by atoms with E-state index < -0.39 is 17.9 Å². The van der Waals surface area contributed by atoms with Crippen LogP contribution in [0.2, 0.25) is 0 Å². The molecule has 1 atom stereocenters. The third-order valence-electron chi connectivity index (χ3n) is 7.34. The third-order valence-corrected chi connectivity index (χ3v) is 7.34. The number of phenols is 2. The summed E-state index contributed by atoms with van der Waals surface area (Å²) in [5.41, 5.74) is 1.55. The van der Waals surface area contributed by atoms with Crippen LogP contribution in [0.15, 0.2) is 35.9 Å². The molecule has 232 valence electrons. The van der Waals surface area contributed by atoms with Crippen LogP contribution in [0, 0.1) is 5.92 Å². The van der Waals surface area contributed by atoms with Gasteiger partial charge in [-0.15, -0.1) is 0 Å². The fraction of sp³-hybridized carbons (Fsp3) is 0.556. The van der Waals surface area contributed by atoms with Crippen LogP contribution < -0.4 is 9.47 Å². The minimum atomic E-state index is -0.683. The highest BCUT2D eigenvalue weighted by Gasteiger charge is 2.30. The molecular weight excluding hydrogens is 528 g/mol. The lowest BCUT2D eigenvalue weighted by Gasteiger charge is -2.28. The van der Waals surface area contributed by atoms with Crippen molar-refractivity contribution in [3.8, 4) is 23.0 Å². The Balaban J connectivity index is 2.40. The predicted octanol–water partition coefficient (Wildman–Crippen LogP) is 8.77. The lowest BCUT2D eigenvalue weighted by atomic mass is 9.79. The summed E-state index contributed by atoms with van der Waals surface area (Å²) in [5.74, 6) is -0.658. The fourth-order valence-electron chi connectivity index (χ4n) is 4.72. The van der Waals surface area contributed by atoms with Crippen LogP contribution in [0.1, 0.15) is 126 Å². The van der Waals surface area contributed by atoms with E-state index in [1.54, 1.807) is 37.3 Å². The molecule has 0 aliphatic heterocycles. The largest absolute Gasteiger partial charge is 0.507 e. The van der Waals surface area contributed by atoms with Crippen molar-refractivity contribution in [1.82, 2.24) is 0 Å². The maximum absolute atomic E-state index is 13.3. The number of esters is 2. The van der Waals surface area contributed by atoms with Crippen LogP contribution >= 0.6 is 0 Å². The highest BCUT2D eigenvalue weighted by molar-refractivity contribution is 5.91. The number of hydrogen-bond donors (Lipinski definition) is 2. The Bertz CT molecular complexity index is 1280. The summed E-state index contributed by atoms with van der Waals surface area (Å²) in [5, 5.41) is 22.0. The molecule has 2 aromatic rings. The number of ether oxygens (including phenoxy) is 2. The van der Waals surface area contributed by atoms with E-state index in [4.69, 9.17) is 9.47 Å². The molecular formula is C36H52O6. The van der Waals surface area contributed by atoms with E-state index in [9.17, 15) is 19.8 Å². The lowest BCUT2D eigenvalue weighted by molar-refractivity contribution is -0.137. The smallest absolute Gasteiger partial charge is 0.338 e.